The van der Waals surface area contributed by atoms with Crippen LogP contribution in [0.1, 0.15) is 10.4 Å². The molecule has 2 aromatic rings. The van der Waals surface area contributed by atoms with Crippen LogP contribution >= 0.6 is 0 Å². The molecular formula is C12H12N2O5. The Kier molecular flexibility index (Phi) is 3.28. The van der Waals surface area contributed by atoms with Crippen molar-refractivity contribution in [2.75, 3.05) is 14.2 Å². The first kappa shape index (κ1) is 12.7. The maximum atomic E-state index is 11.6. The van der Waals surface area contributed by atoms with Crippen LogP contribution in [-0.2, 0) is 0 Å². The highest BCUT2D eigenvalue weighted by molar-refractivity contribution is 5.93. The number of carbonyl (C=O) groups is 1. The molecule has 0 amide bonds. The van der Waals surface area contributed by atoms with Gasteiger partial charge in [0.1, 0.15) is 0 Å². The molecule has 0 bridgehead atoms. The minimum Gasteiger partial charge on any atom is -0.493 e. The number of carboxylic acids is 1. The van der Waals surface area contributed by atoms with Crippen molar-refractivity contribution in [3.63, 3.8) is 0 Å². The van der Waals surface area contributed by atoms with Crippen LogP contribution in [0.15, 0.2) is 29.3 Å². The van der Waals surface area contributed by atoms with Crippen LogP contribution in [0.25, 0.3) is 5.69 Å². The molecule has 2 N–H and O–H groups in total. The summed E-state index contributed by atoms with van der Waals surface area (Å²) in [5.74, 6) is -0.535. The number of methoxy groups -OCH3 is 2. The average molecular weight is 264 g/mol. The summed E-state index contributed by atoms with van der Waals surface area (Å²) >= 11 is 0. The molecule has 1 heterocycles. The lowest BCUT2D eigenvalue weighted by atomic mass is 10.1. The number of ether oxygens (including phenoxy) is 2. The van der Waals surface area contributed by atoms with Crippen LogP contribution in [0.5, 0.6) is 11.5 Å². The van der Waals surface area contributed by atoms with E-state index < -0.39 is 11.7 Å². The van der Waals surface area contributed by atoms with Gasteiger partial charge in [-0.05, 0) is 0 Å². The zero-order chi connectivity index (χ0) is 14.0. The number of hydrogen-bond acceptors (Lipinski definition) is 4. The molecule has 0 fully saturated rings. The number of benzene rings is 1. The monoisotopic (exact) mass is 264 g/mol. The van der Waals surface area contributed by atoms with Gasteiger partial charge in [0.25, 0.3) is 0 Å². The largest absolute Gasteiger partial charge is 0.493 e. The van der Waals surface area contributed by atoms with E-state index in [1.54, 1.807) is 0 Å². The number of nitrogens with one attached hydrogen (secondary N) is 1. The zero-order valence-corrected chi connectivity index (χ0v) is 10.3. The topological polar surface area (TPSA) is 93.5 Å². The minimum atomic E-state index is -1.16. The molecule has 0 aliphatic heterocycles. The molecule has 7 nitrogen and oxygen atoms in total. The molecule has 7 heteroatoms. The zero-order valence-electron chi connectivity index (χ0n) is 10.3. The van der Waals surface area contributed by atoms with Crippen LogP contribution < -0.4 is 15.2 Å². The summed E-state index contributed by atoms with van der Waals surface area (Å²) in [6.45, 7) is 0. The average Bonchev–Trinajstić information content (AvgIpc) is 2.83. The Bertz CT molecular complexity index is 671. The van der Waals surface area contributed by atoms with E-state index in [0.717, 1.165) is 0 Å². The van der Waals surface area contributed by atoms with E-state index >= 15 is 0 Å². The molecule has 0 saturated carbocycles. The Morgan fingerprint density at radius 1 is 1.26 bits per heavy atom. The molecule has 0 saturated heterocycles. The fraction of sp³-hybridized carbons (Fsp3) is 0.167. The lowest BCUT2D eigenvalue weighted by Crippen LogP contribution is -2.17. The van der Waals surface area contributed by atoms with Crippen molar-refractivity contribution in [2.45, 2.75) is 0 Å². The summed E-state index contributed by atoms with van der Waals surface area (Å²) < 4.78 is 11.3. The van der Waals surface area contributed by atoms with Gasteiger partial charge in [0.2, 0.25) is 0 Å². The van der Waals surface area contributed by atoms with Crippen molar-refractivity contribution in [3.8, 4) is 17.2 Å². The second-order valence-electron chi connectivity index (χ2n) is 3.66. The number of aromatic amines is 1. The molecule has 0 aliphatic carbocycles. The fourth-order valence-corrected chi connectivity index (χ4v) is 1.75. The number of carboxylic acid groups (broad SMARTS) is 1. The highest BCUT2D eigenvalue weighted by Gasteiger charge is 2.18. The van der Waals surface area contributed by atoms with Gasteiger partial charge in [-0.25, -0.2) is 9.59 Å². The van der Waals surface area contributed by atoms with Crippen molar-refractivity contribution in [1.29, 1.82) is 0 Å². The second-order valence-corrected chi connectivity index (χ2v) is 3.66. The number of H-pyrrole nitrogens is 1. The van der Waals surface area contributed by atoms with Crippen LogP contribution in [0.2, 0.25) is 0 Å². The Morgan fingerprint density at radius 2 is 1.89 bits per heavy atom. The van der Waals surface area contributed by atoms with Gasteiger partial charge in [-0.15, -0.1) is 0 Å². The van der Waals surface area contributed by atoms with Gasteiger partial charge in [-0.2, -0.15) is 0 Å². The first-order valence-corrected chi connectivity index (χ1v) is 5.34. The third-order valence-electron chi connectivity index (χ3n) is 2.64. The van der Waals surface area contributed by atoms with Gasteiger partial charge in [0.15, 0.2) is 11.5 Å². The standard InChI is InChI=1S/C12H12N2O5/c1-18-9-5-7(11(15)16)8(6-10(9)19-2)14-4-3-13-12(14)17/h3-6H,1-2H3,(H,13,17)(H,15,16). The molecule has 0 unspecified atom stereocenters. The van der Waals surface area contributed by atoms with Gasteiger partial charge in [0.05, 0.1) is 25.5 Å². The van der Waals surface area contributed by atoms with Gasteiger partial charge < -0.3 is 19.6 Å². The van der Waals surface area contributed by atoms with E-state index in [2.05, 4.69) is 4.98 Å². The number of imidazole rings is 1. The number of rotatable bonds is 4. The fourth-order valence-electron chi connectivity index (χ4n) is 1.75. The third-order valence-corrected chi connectivity index (χ3v) is 2.64. The summed E-state index contributed by atoms with van der Waals surface area (Å²) in [5.41, 5.74) is -0.287. The van der Waals surface area contributed by atoms with E-state index in [4.69, 9.17) is 9.47 Å². The lowest BCUT2D eigenvalue weighted by molar-refractivity contribution is 0.0696. The number of hydrogen-bond donors (Lipinski definition) is 2. The molecule has 19 heavy (non-hydrogen) atoms. The molecular weight excluding hydrogens is 252 g/mol. The second kappa shape index (κ2) is 4.89. The molecule has 100 valence electrons. The number of aromatic nitrogens is 2. The van der Waals surface area contributed by atoms with E-state index in [0.29, 0.717) is 5.75 Å². The van der Waals surface area contributed by atoms with Crippen LogP contribution in [0.4, 0.5) is 0 Å². The minimum absolute atomic E-state index is 0.0562. The Balaban J connectivity index is 2.75. The molecule has 1 aromatic heterocycles. The smallest absolute Gasteiger partial charge is 0.337 e. The first-order chi connectivity index (χ1) is 9.08. The van der Waals surface area contributed by atoms with Crippen molar-refractivity contribution in [3.05, 3.63) is 40.6 Å². The Labute approximate surface area is 108 Å². The predicted octanol–water partition coefficient (Wildman–Crippen LogP) is 0.881. The molecule has 0 radical (unpaired) electrons. The SMILES string of the molecule is COc1cc(C(=O)O)c(-n2cc[nH]c2=O)cc1OC. The summed E-state index contributed by atoms with van der Waals surface area (Å²) in [6, 6.07) is 2.76. The van der Waals surface area contributed by atoms with E-state index in [1.807, 2.05) is 0 Å². The highest BCUT2D eigenvalue weighted by atomic mass is 16.5. The third kappa shape index (κ3) is 2.17. The Hall–Kier alpha value is -2.70. The molecule has 0 aliphatic rings. The lowest BCUT2D eigenvalue weighted by Gasteiger charge is -2.12. The highest BCUT2D eigenvalue weighted by Crippen LogP contribution is 2.31. The number of nitrogens with zero attached hydrogens (tertiary/aromatic N) is 1. The van der Waals surface area contributed by atoms with Crippen LogP contribution in [0, 0.1) is 0 Å². The van der Waals surface area contributed by atoms with Gasteiger partial charge in [0, 0.05) is 24.5 Å². The van der Waals surface area contributed by atoms with Gasteiger partial charge >= 0.3 is 11.7 Å². The van der Waals surface area contributed by atoms with E-state index in [1.165, 1.54) is 43.3 Å². The van der Waals surface area contributed by atoms with Crippen molar-refractivity contribution in [2.24, 2.45) is 0 Å². The summed E-state index contributed by atoms with van der Waals surface area (Å²) in [7, 11) is 2.84. The van der Waals surface area contributed by atoms with E-state index in [-0.39, 0.29) is 17.0 Å². The Morgan fingerprint density at radius 3 is 2.37 bits per heavy atom. The summed E-state index contributed by atoms with van der Waals surface area (Å²) in [6.07, 6.45) is 2.86. The molecule has 2 rings (SSSR count). The van der Waals surface area contributed by atoms with Crippen LogP contribution in [0.3, 0.4) is 0 Å². The van der Waals surface area contributed by atoms with Crippen molar-refractivity contribution >= 4 is 5.97 Å². The molecule has 0 spiro atoms. The summed E-state index contributed by atoms with van der Waals surface area (Å²) in [5, 5.41) is 9.22. The molecule has 1 aromatic carbocycles. The van der Waals surface area contributed by atoms with Crippen LogP contribution in [-0.4, -0.2) is 34.8 Å². The maximum absolute atomic E-state index is 11.6. The van der Waals surface area contributed by atoms with Crippen molar-refractivity contribution < 1.29 is 19.4 Å². The number of aromatic carboxylic acids is 1. The molecule has 0 atom stereocenters. The van der Waals surface area contributed by atoms with E-state index in [9.17, 15) is 14.7 Å². The first-order valence-electron chi connectivity index (χ1n) is 5.34. The van der Waals surface area contributed by atoms with Gasteiger partial charge in [-0.3, -0.25) is 4.57 Å². The quantitative estimate of drug-likeness (QED) is 0.855. The van der Waals surface area contributed by atoms with Gasteiger partial charge in [-0.1, -0.05) is 0 Å². The summed E-state index contributed by atoms with van der Waals surface area (Å²) in [4.78, 5) is 25.3. The maximum Gasteiger partial charge on any atom is 0.337 e. The normalized spacial score (nSPS) is 10.2. The predicted molar refractivity (Wildman–Crippen MR) is 66.5 cm³/mol. The van der Waals surface area contributed by atoms with Crippen molar-refractivity contribution in [1.82, 2.24) is 9.55 Å².